The molecule has 3 aromatic rings. The number of aliphatic hydroxyl groups is 1. The maximum Gasteiger partial charge on any atom is 0.192 e. The van der Waals surface area contributed by atoms with Gasteiger partial charge in [0.1, 0.15) is 23.4 Å². The summed E-state index contributed by atoms with van der Waals surface area (Å²) in [6, 6.07) is 17.3. The molecule has 0 fully saturated rings. The lowest BCUT2D eigenvalue weighted by atomic mass is 9.87. The molecule has 0 aliphatic rings. The van der Waals surface area contributed by atoms with E-state index in [1.165, 1.54) is 6.26 Å². The van der Waals surface area contributed by atoms with Gasteiger partial charge in [0, 0.05) is 5.56 Å². The van der Waals surface area contributed by atoms with Gasteiger partial charge in [0.25, 0.3) is 0 Å². The van der Waals surface area contributed by atoms with E-state index in [0.717, 1.165) is 5.56 Å². The number of carbonyl (C=O) groups is 1. The Kier molecular flexibility index (Phi) is 5.39. The third-order valence-electron chi connectivity index (χ3n) is 4.28. The number of rotatable bonds is 7. The van der Waals surface area contributed by atoms with E-state index < -0.39 is 12.0 Å². The van der Waals surface area contributed by atoms with Crippen LogP contribution < -0.4 is 9.47 Å². The molecule has 5 nitrogen and oxygen atoms in total. The lowest BCUT2D eigenvalue weighted by molar-refractivity contribution is 0.0700. The summed E-state index contributed by atoms with van der Waals surface area (Å²) >= 11 is 0. The van der Waals surface area contributed by atoms with E-state index in [0.29, 0.717) is 22.8 Å². The number of aliphatic hydroxyl groups excluding tert-OH is 1. The van der Waals surface area contributed by atoms with Crippen LogP contribution in [0.3, 0.4) is 0 Å². The highest BCUT2D eigenvalue weighted by Crippen LogP contribution is 2.31. The van der Waals surface area contributed by atoms with Gasteiger partial charge in [0.05, 0.1) is 26.4 Å². The molecule has 0 unspecified atom stereocenters. The molecule has 1 N–H and O–H groups in total. The van der Waals surface area contributed by atoms with Crippen LogP contribution in [0.25, 0.3) is 0 Å². The monoisotopic (exact) mass is 352 g/mol. The largest absolute Gasteiger partial charge is 0.497 e. The van der Waals surface area contributed by atoms with E-state index in [1.807, 2.05) is 12.1 Å². The van der Waals surface area contributed by atoms with Crippen molar-refractivity contribution in [3.05, 3.63) is 83.8 Å². The first-order valence-electron chi connectivity index (χ1n) is 8.17. The second-order valence-electron chi connectivity index (χ2n) is 5.80. The van der Waals surface area contributed by atoms with Gasteiger partial charge in [-0.05, 0) is 54.1 Å². The Labute approximate surface area is 151 Å². The second-order valence-corrected chi connectivity index (χ2v) is 5.80. The standard InChI is InChI=1S/C21H20O5/c1-24-16-9-5-14(6-10-16)19(18-4-3-13-26-18)21(23)20(22)15-7-11-17(25-2)12-8-15/h3-13,19,21,23H,1-2H3/t19-,21-/m0/s1. The molecule has 0 radical (unpaired) electrons. The van der Waals surface area contributed by atoms with E-state index in [1.54, 1.807) is 62.8 Å². The van der Waals surface area contributed by atoms with Crippen molar-refractivity contribution in [2.75, 3.05) is 14.2 Å². The molecule has 0 amide bonds. The Bertz CT molecular complexity index is 835. The highest BCUT2D eigenvalue weighted by atomic mass is 16.5. The number of carbonyl (C=O) groups excluding carboxylic acids is 1. The summed E-state index contributed by atoms with van der Waals surface area (Å²) in [7, 11) is 3.14. The van der Waals surface area contributed by atoms with Crippen molar-refractivity contribution in [1.29, 1.82) is 0 Å². The minimum absolute atomic E-state index is 0.384. The van der Waals surface area contributed by atoms with Crippen molar-refractivity contribution in [3.63, 3.8) is 0 Å². The molecule has 134 valence electrons. The zero-order chi connectivity index (χ0) is 18.5. The van der Waals surface area contributed by atoms with E-state index in [4.69, 9.17) is 13.9 Å². The Morgan fingerprint density at radius 1 is 0.923 bits per heavy atom. The first-order valence-corrected chi connectivity index (χ1v) is 8.17. The summed E-state index contributed by atoms with van der Waals surface area (Å²) in [6.45, 7) is 0. The molecule has 5 heteroatoms. The molecule has 2 atom stereocenters. The third kappa shape index (κ3) is 3.63. The van der Waals surface area contributed by atoms with Crippen molar-refractivity contribution < 1.29 is 23.8 Å². The number of ether oxygens (including phenoxy) is 2. The Hall–Kier alpha value is -3.05. The molecular formula is C21H20O5. The first kappa shape index (κ1) is 17.8. The Morgan fingerprint density at radius 2 is 1.50 bits per heavy atom. The molecule has 0 saturated carbocycles. The van der Waals surface area contributed by atoms with Crippen molar-refractivity contribution >= 4 is 5.78 Å². The van der Waals surface area contributed by atoms with Gasteiger partial charge in [0.15, 0.2) is 5.78 Å². The van der Waals surface area contributed by atoms with Crippen LogP contribution in [0.5, 0.6) is 11.5 Å². The summed E-state index contributed by atoms with van der Waals surface area (Å²) in [5.74, 6) is 0.858. The van der Waals surface area contributed by atoms with Crippen LogP contribution in [-0.2, 0) is 0 Å². The van der Waals surface area contributed by atoms with Gasteiger partial charge in [-0.25, -0.2) is 0 Å². The van der Waals surface area contributed by atoms with E-state index >= 15 is 0 Å². The lowest BCUT2D eigenvalue weighted by Crippen LogP contribution is -2.28. The van der Waals surface area contributed by atoms with E-state index in [-0.39, 0.29) is 5.78 Å². The number of Topliss-reactive ketones (excluding diaryl/α,β-unsaturated/α-hetero) is 1. The van der Waals surface area contributed by atoms with E-state index in [2.05, 4.69) is 0 Å². The molecule has 0 saturated heterocycles. The normalized spacial score (nSPS) is 13.0. The minimum Gasteiger partial charge on any atom is -0.497 e. The van der Waals surface area contributed by atoms with Gasteiger partial charge in [-0.1, -0.05) is 12.1 Å². The van der Waals surface area contributed by atoms with Crippen molar-refractivity contribution in [3.8, 4) is 11.5 Å². The second kappa shape index (κ2) is 7.89. The molecule has 0 bridgehead atoms. The Morgan fingerprint density at radius 3 is 2.00 bits per heavy atom. The molecule has 26 heavy (non-hydrogen) atoms. The fourth-order valence-electron chi connectivity index (χ4n) is 2.86. The summed E-state index contributed by atoms with van der Waals surface area (Å²) in [6.07, 6.45) is 0.235. The maximum atomic E-state index is 12.8. The zero-order valence-corrected chi connectivity index (χ0v) is 14.6. The SMILES string of the molecule is COc1ccc(C(=O)[C@@H](O)[C@@H](c2ccc(OC)cc2)c2ccco2)cc1. The van der Waals surface area contributed by atoms with Crippen molar-refractivity contribution in [2.45, 2.75) is 12.0 Å². The number of methoxy groups -OCH3 is 2. The van der Waals surface area contributed by atoms with Crippen LogP contribution >= 0.6 is 0 Å². The summed E-state index contributed by atoms with van der Waals surface area (Å²) in [5.41, 5.74) is 1.17. The zero-order valence-electron chi connectivity index (χ0n) is 14.6. The van der Waals surface area contributed by atoms with Gasteiger partial charge >= 0.3 is 0 Å². The molecule has 1 aromatic heterocycles. The maximum absolute atomic E-state index is 12.8. The Balaban J connectivity index is 1.93. The average molecular weight is 352 g/mol. The van der Waals surface area contributed by atoms with Crippen LogP contribution in [0.1, 0.15) is 27.6 Å². The molecule has 0 aliphatic carbocycles. The number of furan rings is 1. The molecular weight excluding hydrogens is 332 g/mol. The van der Waals surface area contributed by atoms with Gasteiger partial charge in [-0.2, -0.15) is 0 Å². The van der Waals surface area contributed by atoms with Gasteiger partial charge in [-0.3, -0.25) is 4.79 Å². The van der Waals surface area contributed by atoms with E-state index in [9.17, 15) is 9.90 Å². The fourth-order valence-corrected chi connectivity index (χ4v) is 2.86. The van der Waals surface area contributed by atoms with Crippen LogP contribution in [0, 0.1) is 0 Å². The van der Waals surface area contributed by atoms with Gasteiger partial charge in [0.2, 0.25) is 0 Å². The third-order valence-corrected chi connectivity index (χ3v) is 4.28. The highest BCUT2D eigenvalue weighted by molar-refractivity contribution is 6.00. The highest BCUT2D eigenvalue weighted by Gasteiger charge is 2.31. The summed E-state index contributed by atoms with van der Waals surface area (Å²) < 4.78 is 15.8. The van der Waals surface area contributed by atoms with Crippen molar-refractivity contribution in [1.82, 2.24) is 0 Å². The first-order chi connectivity index (χ1) is 12.6. The number of ketones is 1. The molecule has 0 spiro atoms. The van der Waals surface area contributed by atoms with Crippen molar-refractivity contribution in [2.24, 2.45) is 0 Å². The molecule has 2 aromatic carbocycles. The van der Waals surface area contributed by atoms with Gasteiger partial charge < -0.3 is 19.0 Å². The smallest absolute Gasteiger partial charge is 0.192 e. The summed E-state index contributed by atoms with van der Waals surface area (Å²) in [5, 5.41) is 10.8. The van der Waals surface area contributed by atoms with Crippen LogP contribution in [-0.4, -0.2) is 31.2 Å². The molecule has 1 heterocycles. The van der Waals surface area contributed by atoms with Gasteiger partial charge in [-0.15, -0.1) is 0 Å². The lowest BCUT2D eigenvalue weighted by Gasteiger charge is -2.21. The number of hydrogen-bond donors (Lipinski definition) is 1. The molecule has 0 aliphatic heterocycles. The summed E-state index contributed by atoms with van der Waals surface area (Å²) in [4.78, 5) is 12.8. The average Bonchev–Trinajstić information content (AvgIpc) is 3.22. The number of benzene rings is 2. The fraction of sp³-hybridized carbons (Fsp3) is 0.190. The molecule has 3 rings (SSSR count). The topological polar surface area (TPSA) is 68.9 Å². The minimum atomic E-state index is -1.29. The predicted octanol–water partition coefficient (Wildman–Crippen LogP) is 3.67. The van der Waals surface area contributed by atoms with Crippen LogP contribution in [0.2, 0.25) is 0 Å². The van der Waals surface area contributed by atoms with Crippen LogP contribution in [0.4, 0.5) is 0 Å². The predicted molar refractivity (Wildman–Crippen MR) is 96.9 cm³/mol. The number of hydrogen-bond acceptors (Lipinski definition) is 5. The quantitative estimate of drug-likeness (QED) is 0.657. The van der Waals surface area contributed by atoms with Crippen LogP contribution in [0.15, 0.2) is 71.3 Å².